The number of pyridine rings is 1. The number of nitrogens with one attached hydrogen (secondary N) is 2. The summed E-state index contributed by atoms with van der Waals surface area (Å²) in [6.45, 7) is 8.10. The maximum Gasteiger partial charge on any atom is 0.228 e. The van der Waals surface area contributed by atoms with Crippen LogP contribution in [0.25, 0.3) is 10.9 Å². The monoisotopic (exact) mass is 409 g/mol. The first-order chi connectivity index (χ1) is 13.3. The van der Waals surface area contributed by atoms with Crippen LogP contribution in [0.4, 0.5) is 11.8 Å². The molecule has 146 valence electrons. The molecule has 0 amide bonds. The molecule has 0 radical (unpaired) electrons. The molecule has 0 aromatic carbocycles. The molecule has 0 aliphatic carbocycles. The molecule has 2 aliphatic rings. The van der Waals surface area contributed by atoms with Gasteiger partial charge in [0.05, 0.1) is 24.9 Å². The van der Waals surface area contributed by atoms with Crippen LogP contribution in [0.2, 0.25) is 5.15 Å². The quantitative estimate of drug-likeness (QED) is 0.419. The first-order valence-corrected chi connectivity index (χ1v) is 10.6. The van der Waals surface area contributed by atoms with Gasteiger partial charge in [0.15, 0.2) is 0 Å². The van der Waals surface area contributed by atoms with Crippen LogP contribution in [-0.2, 0) is 4.74 Å². The number of piperazine rings is 1. The Labute approximate surface area is 168 Å². The van der Waals surface area contributed by atoms with E-state index in [0.29, 0.717) is 5.15 Å². The van der Waals surface area contributed by atoms with Crippen molar-refractivity contribution in [3.05, 3.63) is 17.4 Å². The van der Waals surface area contributed by atoms with Crippen LogP contribution >= 0.6 is 23.5 Å². The highest BCUT2D eigenvalue weighted by atomic mass is 35.5. The summed E-state index contributed by atoms with van der Waals surface area (Å²) in [5.74, 6) is 2.53. The van der Waals surface area contributed by atoms with Crippen molar-refractivity contribution < 1.29 is 4.74 Å². The molecule has 0 bridgehead atoms. The number of ether oxygens (including phenoxy) is 1. The van der Waals surface area contributed by atoms with Crippen molar-refractivity contribution >= 4 is 46.2 Å². The van der Waals surface area contributed by atoms with Crippen LogP contribution < -0.4 is 15.5 Å². The molecule has 0 unspecified atom stereocenters. The number of morpholine rings is 1. The largest absolute Gasteiger partial charge is 0.379 e. The summed E-state index contributed by atoms with van der Waals surface area (Å²) >= 11 is 7.95. The summed E-state index contributed by atoms with van der Waals surface area (Å²) in [5, 5.41) is 8.19. The van der Waals surface area contributed by atoms with Crippen molar-refractivity contribution in [2.45, 2.75) is 0 Å². The maximum atomic E-state index is 6.11. The highest BCUT2D eigenvalue weighted by molar-refractivity contribution is 7.97. The van der Waals surface area contributed by atoms with E-state index in [0.717, 1.165) is 87.4 Å². The molecule has 2 saturated heterocycles. The molecule has 2 aromatic heterocycles. The zero-order valence-corrected chi connectivity index (χ0v) is 16.7. The summed E-state index contributed by atoms with van der Waals surface area (Å²) in [7, 11) is 0. The number of rotatable bonds is 6. The fourth-order valence-electron chi connectivity index (χ4n) is 3.16. The molecule has 2 fully saturated rings. The van der Waals surface area contributed by atoms with Gasteiger partial charge in [0.2, 0.25) is 5.95 Å². The van der Waals surface area contributed by atoms with Crippen molar-refractivity contribution in [1.29, 1.82) is 0 Å². The Morgan fingerprint density at radius 2 is 2.00 bits per heavy atom. The highest BCUT2D eigenvalue weighted by Crippen LogP contribution is 2.25. The summed E-state index contributed by atoms with van der Waals surface area (Å²) in [6.07, 6.45) is 1.72. The molecular weight excluding hydrogens is 386 g/mol. The topological polar surface area (TPSA) is 78.4 Å². The normalized spacial score (nSPS) is 18.8. The van der Waals surface area contributed by atoms with Crippen LogP contribution in [0.3, 0.4) is 0 Å². The average molecular weight is 410 g/mol. The van der Waals surface area contributed by atoms with Gasteiger partial charge in [0.1, 0.15) is 11.0 Å². The number of aromatic nitrogens is 3. The van der Waals surface area contributed by atoms with E-state index >= 15 is 0 Å². The lowest BCUT2D eigenvalue weighted by Gasteiger charge is -2.28. The summed E-state index contributed by atoms with van der Waals surface area (Å²) in [4.78, 5) is 15.9. The van der Waals surface area contributed by atoms with E-state index in [2.05, 4.69) is 24.8 Å². The first kappa shape index (κ1) is 18.9. The number of hydrogen-bond donors (Lipinski definition) is 2. The number of anilines is 2. The fourth-order valence-corrected chi connectivity index (χ4v) is 4.17. The molecular formula is C17H24ClN7OS. The van der Waals surface area contributed by atoms with Crippen molar-refractivity contribution in [3.63, 3.8) is 0 Å². The number of hydrogen-bond acceptors (Lipinski definition) is 9. The molecule has 27 heavy (non-hydrogen) atoms. The minimum Gasteiger partial charge on any atom is -0.379 e. The van der Waals surface area contributed by atoms with Gasteiger partial charge in [-0.15, -0.1) is 0 Å². The van der Waals surface area contributed by atoms with Gasteiger partial charge in [-0.1, -0.05) is 23.5 Å². The van der Waals surface area contributed by atoms with Gasteiger partial charge >= 0.3 is 0 Å². The number of halogens is 1. The maximum absolute atomic E-state index is 6.11. The lowest BCUT2D eigenvalue weighted by molar-refractivity contribution is 0.0773. The molecule has 0 saturated carbocycles. The molecule has 2 N–H and O–H groups in total. The number of nitrogens with zero attached hydrogens (tertiary/aromatic N) is 5. The standard InChI is InChI=1S/C17H24ClN7OS/c18-15-11-13-14(12-21-15)22-17(24-4-1-19-2-5-24)23-16(13)20-3-10-27-25-6-8-26-9-7-25/h11-12,19H,1-10H2,(H,20,22,23). The van der Waals surface area contributed by atoms with Crippen molar-refractivity contribution in [3.8, 4) is 0 Å². The predicted molar refractivity (Wildman–Crippen MR) is 111 cm³/mol. The molecule has 0 atom stereocenters. The zero-order chi connectivity index (χ0) is 18.5. The third-order valence-electron chi connectivity index (χ3n) is 4.58. The van der Waals surface area contributed by atoms with E-state index in [4.69, 9.17) is 26.3 Å². The Balaban J connectivity index is 1.47. The van der Waals surface area contributed by atoms with E-state index < -0.39 is 0 Å². The predicted octanol–water partition coefficient (Wildman–Crippen LogP) is 1.48. The molecule has 4 heterocycles. The van der Waals surface area contributed by atoms with Gasteiger partial charge in [0.25, 0.3) is 0 Å². The molecule has 4 rings (SSSR count). The third-order valence-corrected chi connectivity index (χ3v) is 5.90. The molecule has 2 aromatic rings. The first-order valence-electron chi connectivity index (χ1n) is 9.28. The van der Waals surface area contributed by atoms with Gasteiger partial charge in [-0.25, -0.2) is 14.3 Å². The second kappa shape index (κ2) is 9.20. The van der Waals surface area contributed by atoms with Gasteiger partial charge in [-0.05, 0) is 6.07 Å². The Bertz CT molecular complexity index is 768. The lowest BCUT2D eigenvalue weighted by Crippen LogP contribution is -2.44. The summed E-state index contributed by atoms with van der Waals surface area (Å²) < 4.78 is 7.75. The van der Waals surface area contributed by atoms with E-state index in [1.807, 2.05) is 18.0 Å². The van der Waals surface area contributed by atoms with E-state index in [9.17, 15) is 0 Å². The fraction of sp³-hybridized carbons (Fsp3) is 0.588. The van der Waals surface area contributed by atoms with E-state index in [1.165, 1.54) is 0 Å². The Morgan fingerprint density at radius 3 is 2.81 bits per heavy atom. The molecule has 0 spiro atoms. The highest BCUT2D eigenvalue weighted by Gasteiger charge is 2.17. The van der Waals surface area contributed by atoms with Gasteiger partial charge in [0, 0.05) is 57.0 Å². The number of fused-ring (bicyclic) bond motifs is 1. The van der Waals surface area contributed by atoms with Gasteiger partial charge < -0.3 is 20.3 Å². The second-order valence-corrected chi connectivity index (χ2v) is 8.00. The van der Waals surface area contributed by atoms with Crippen LogP contribution in [0.1, 0.15) is 0 Å². The van der Waals surface area contributed by atoms with Crippen molar-refractivity contribution in [2.24, 2.45) is 0 Å². The van der Waals surface area contributed by atoms with Crippen LogP contribution in [-0.4, -0.2) is 84.0 Å². The summed E-state index contributed by atoms with van der Waals surface area (Å²) in [6, 6.07) is 1.83. The molecule has 8 nitrogen and oxygen atoms in total. The van der Waals surface area contributed by atoms with Crippen molar-refractivity contribution in [2.75, 3.05) is 75.0 Å². The molecule has 2 aliphatic heterocycles. The molecule has 10 heteroatoms. The minimum absolute atomic E-state index is 0.451. The summed E-state index contributed by atoms with van der Waals surface area (Å²) in [5.41, 5.74) is 0.811. The van der Waals surface area contributed by atoms with E-state index in [-0.39, 0.29) is 0 Å². The Morgan fingerprint density at radius 1 is 1.19 bits per heavy atom. The SMILES string of the molecule is Clc1cc2c(NCCSN3CCOCC3)nc(N3CCNCC3)nc2cn1. The van der Waals surface area contributed by atoms with Crippen LogP contribution in [0.5, 0.6) is 0 Å². The zero-order valence-electron chi connectivity index (χ0n) is 15.2. The average Bonchev–Trinajstić information content (AvgIpc) is 2.72. The van der Waals surface area contributed by atoms with Crippen LogP contribution in [0, 0.1) is 0 Å². The Kier molecular flexibility index (Phi) is 6.46. The minimum atomic E-state index is 0.451. The van der Waals surface area contributed by atoms with Gasteiger partial charge in [-0.2, -0.15) is 4.98 Å². The van der Waals surface area contributed by atoms with Crippen molar-refractivity contribution in [1.82, 2.24) is 24.6 Å². The van der Waals surface area contributed by atoms with Gasteiger partial charge in [-0.3, -0.25) is 0 Å². The van der Waals surface area contributed by atoms with E-state index in [1.54, 1.807) is 6.20 Å². The second-order valence-electron chi connectivity index (χ2n) is 6.43. The van der Waals surface area contributed by atoms with Crippen LogP contribution in [0.15, 0.2) is 12.3 Å². The smallest absolute Gasteiger partial charge is 0.228 e. The third kappa shape index (κ3) is 4.91. The Hall–Kier alpha value is -1.39. The lowest BCUT2D eigenvalue weighted by atomic mass is 10.3.